The van der Waals surface area contributed by atoms with Gasteiger partial charge in [0.2, 0.25) is 5.91 Å². The molecule has 6 heteroatoms. The summed E-state index contributed by atoms with van der Waals surface area (Å²) in [6.07, 6.45) is 0.710. The normalized spacial score (nSPS) is 10.0. The van der Waals surface area contributed by atoms with E-state index in [1.165, 1.54) is 0 Å². The van der Waals surface area contributed by atoms with Crippen molar-refractivity contribution in [2.24, 2.45) is 0 Å². The molecule has 0 radical (unpaired) electrons. The summed E-state index contributed by atoms with van der Waals surface area (Å²) in [7, 11) is 3.38. The van der Waals surface area contributed by atoms with Gasteiger partial charge < -0.3 is 10.2 Å². The Morgan fingerprint density at radius 2 is 2.25 bits per heavy atom. The summed E-state index contributed by atoms with van der Waals surface area (Å²) in [6.45, 7) is 2.20. The number of halogens is 1. The number of carbonyl (C=O) groups excluding carboxylic acids is 1. The lowest BCUT2D eigenvalue weighted by molar-refractivity contribution is -0.119. The van der Waals surface area contributed by atoms with Gasteiger partial charge >= 0.3 is 0 Å². The van der Waals surface area contributed by atoms with E-state index in [9.17, 15) is 4.79 Å². The minimum atomic E-state index is -0.0738. The van der Waals surface area contributed by atoms with Crippen molar-refractivity contribution >= 4 is 23.3 Å². The number of aryl methyl sites for hydroxylation is 1. The van der Waals surface area contributed by atoms with Gasteiger partial charge in [0.05, 0.1) is 6.54 Å². The van der Waals surface area contributed by atoms with Crippen LogP contribution in [-0.4, -0.2) is 36.5 Å². The summed E-state index contributed by atoms with van der Waals surface area (Å²) in [5, 5.41) is 2.95. The predicted molar refractivity (Wildman–Crippen MR) is 63.8 cm³/mol. The third-order valence-corrected chi connectivity index (χ3v) is 2.29. The van der Waals surface area contributed by atoms with Crippen LogP contribution in [0.3, 0.4) is 0 Å². The van der Waals surface area contributed by atoms with Crippen LogP contribution in [0, 0.1) is 0 Å². The molecule has 0 aliphatic carbocycles. The van der Waals surface area contributed by atoms with E-state index in [4.69, 9.17) is 11.6 Å². The topological polar surface area (TPSA) is 58.1 Å². The summed E-state index contributed by atoms with van der Waals surface area (Å²) in [6, 6.07) is 1.64. The lowest BCUT2D eigenvalue weighted by Crippen LogP contribution is -2.33. The zero-order valence-corrected chi connectivity index (χ0v) is 10.4. The van der Waals surface area contributed by atoms with E-state index < -0.39 is 0 Å². The monoisotopic (exact) mass is 242 g/mol. The minimum Gasteiger partial charge on any atom is -0.358 e. The van der Waals surface area contributed by atoms with Crippen LogP contribution in [0.4, 0.5) is 5.82 Å². The fourth-order valence-electron chi connectivity index (χ4n) is 1.18. The third kappa shape index (κ3) is 3.34. The SMILES string of the molecule is CCc1nc(Cl)cc(N(C)CC(=O)NC)n1. The van der Waals surface area contributed by atoms with E-state index in [2.05, 4.69) is 15.3 Å². The Kier molecular flexibility index (Phi) is 4.49. The summed E-state index contributed by atoms with van der Waals surface area (Å²) < 4.78 is 0. The molecule has 1 aromatic heterocycles. The van der Waals surface area contributed by atoms with Gasteiger partial charge in [0.1, 0.15) is 16.8 Å². The number of anilines is 1. The van der Waals surface area contributed by atoms with E-state index in [0.29, 0.717) is 23.2 Å². The Hall–Kier alpha value is -1.36. The highest BCUT2D eigenvalue weighted by Crippen LogP contribution is 2.14. The second-order valence-corrected chi connectivity index (χ2v) is 3.74. The standard InChI is InChI=1S/C10H15ClN4O/c1-4-8-13-7(11)5-9(14-8)15(3)6-10(16)12-2/h5H,4,6H2,1-3H3,(H,12,16). The maximum Gasteiger partial charge on any atom is 0.239 e. The molecule has 0 aliphatic heterocycles. The van der Waals surface area contributed by atoms with E-state index in [-0.39, 0.29) is 12.5 Å². The fourth-order valence-corrected chi connectivity index (χ4v) is 1.38. The Balaban J connectivity index is 2.86. The first-order chi connectivity index (χ1) is 7.56. The Bertz CT molecular complexity index is 383. The number of amides is 1. The number of likely N-dealkylation sites (N-methyl/N-ethyl adjacent to an activating group) is 2. The number of hydrogen-bond donors (Lipinski definition) is 1. The van der Waals surface area contributed by atoms with Crippen molar-refractivity contribution in [3.63, 3.8) is 0 Å². The molecule has 1 amide bonds. The molecule has 0 saturated heterocycles. The third-order valence-electron chi connectivity index (χ3n) is 2.09. The average Bonchev–Trinajstić information content (AvgIpc) is 2.27. The van der Waals surface area contributed by atoms with Gasteiger partial charge in [-0.05, 0) is 0 Å². The van der Waals surface area contributed by atoms with Crippen LogP contribution in [-0.2, 0) is 11.2 Å². The molecular formula is C10H15ClN4O. The van der Waals surface area contributed by atoms with Crippen LogP contribution < -0.4 is 10.2 Å². The molecule has 0 bridgehead atoms. The highest BCUT2D eigenvalue weighted by Gasteiger charge is 2.09. The Morgan fingerprint density at radius 1 is 1.56 bits per heavy atom. The number of rotatable bonds is 4. The molecule has 0 unspecified atom stereocenters. The van der Waals surface area contributed by atoms with Crippen LogP contribution >= 0.6 is 11.6 Å². The minimum absolute atomic E-state index is 0.0738. The van der Waals surface area contributed by atoms with Crippen LogP contribution in [0.15, 0.2) is 6.07 Å². The zero-order valence-electron chi connectivity index (χ0n) is 9.62. The fraction of sp³-hybridized carbons (Fsp3) is 0.500. The van der Waals surface area contributed by atoms with Gasteiger partial charge in [-0.15, -0.1) is 0 Å². The average molecular weight is 243 g/mol. The predicted octanol–water partition coefficient (Wildman–Crippen LogP) is 0.875. The molecule has 0 spiro atoms. The molecule has 16 heavy (non-hydrogen) atoms. The summed E-state index contributed by atoms with van der Waals surface area (Å²) in [5.74, 6) is 1.25. The van der Waals surface area contributed by atoms with Gasteiger partial charge in [-0.1, -0.05) is 18.5 Å². The maximum absolute atomic E-state index is 11.2. The van der Waals surface area contributed by atoms with E-state index in [0.717, 1.165) is 0 Å². The lowest BCUT2D eigenvalue weighted by Gasteiger charge is -2.17. The number of hydrogen-bond acceptors (Lipinski definition) is 4. The summed E-state index contributed by atoms with van der Waals surface area (Å²) in [4.78, 5) is 21.3. The first-order valence-corrected chi connectivity index (χ1v) is 5.39. The molecule has 1 N–H and O–H groups in total. The molecule has 5 nitrogen and oxygen atoms in total. The molecule has 0 fully saturated rings. The highest BCUT2D eigenvalue weighted by molar-refractivity contribution is 6.29. The van der Waals surface area contributed by atoms with Crippen molar-refractivity contribution in [3.8, 4) is 0 Å². The quantitative estimate of drug-likeness (QED) is 0.797. The molecule has 88 valence electrons. The number of carbonyl (C=O) groups is 1. The molecule has 1 aromatic rings. The smallest absolute Gasteiger partial charge is 0.239 e. The van der Waals surface area contributed by atoms with Gasteiger partial charge in [0.25, 0.3) is 0 Å². The molecule has 0 aliphatic rings. The van der Waals surface area contributed by atoms with Crippen molar-refractivity contribution in [1.82, 2.24) is 15.3 Å². The van der Waals surface area contributed by atoms with Crippen LogP contribution in [0.25, 0.3) is 0 Å². The second kappa shape index (κ2) is 5.65. The van der Waals surface area contributed by atoms with Gasteiger partial charge in [-0.2, -0.15) is 0 Å². The molecule has 1 heterocycles. The van der Waals surface area contributed by atoms with Crippen LogP contribution in [0.1, 0.15) is 12.7 Å². The Labute approximate surface area is 99.8 Å². The van der Waals surface area contributed by atoms with Crippen LogP contribution in [0.2, 0.25) is 5.15 Å². The van der Waals surface area contributed by atoms with Crippen molar-refractivity contribution in [1.29, 1.82) is 0 Å². The lowest BCUT2D eigenvalue weighted by atomic mass is 10.4. The summed E-state index contributed by atoms with van der Waals surface area (Å²) in [5.41, 5.74) is 0. The first kappa shape index (κ1) is 12.7. The van der Waals surface area contributed by atoms with E-state index in [1.807, 2.05) is 6.92 Å². The van der Waals surface area contributed by atoms with Crippen molar-refractivity contribution < 1.29 is 4.79 Å². The second-order valence-electron chi connectivity index (χ2n) is 3.35. The molecule has 0 aromatic carbocycles. The van der Waals surface area contributed by atoms with Gasteiger partial charge in [-0.3, -0.25) is 4.79 Å². The molecular weight excluding hydrogens is 228 g/mol. The van der Waals surface area contributed by atoms with Gasteiger partial charge in [0, 0.05) is 26.6 Å². The highest BCUT2D eigenvalue weighted by atomic mass is 35.5. The molecule has 1 rings (SSSR count). The number of nitrogens with zero attached hydrogens (tertiary/aromatic N) is 3. The number of aromatic nitrogens is 2. The number of nitrogens with one attached hydrogen (secondary N) is 1. The van der Waals surface area contributed by atoms with Gasteiger partial charge in [-0.25, -0.2) is 9.97 Å². The van der Waals surface area contributed by atoms with E-state index >= 15 is 0 Å². The first-order valence-electron chi connectivity index (χ1n) is 5.02. The largest absolute Gasteiger partial charge is 0.358 e. The van der Waals surface area contributed by atoms with Crippen LogP contribution in [0.5, 0.6) is 0 Å². The summed E-state index contributed by atoms with van der Waals surface area (Å²) >= 11 is 5.86. The maximum atomic E-state index is 11.2. The van der Waals surface area contributed by atoms with Crippen molar-refractivity contribution in [2.75, 3.05) is 25.5 Å². The molecule has 0 atom stereocenters. The Morgan fingerprint density at radius 3 is 2.81 bits per heavy atom. The van der Waals surface area contributed by atoms with Crippen molar-refractivity contribution in [3.05, 3.63) is 17.0 Å². The molecule has 0 saturated carbocycles. The van der Waals surface area contributed by atoms with Gasteiger partial charge in [0.15, 0.2) is 0 Å². The van der Waals surface area contributed by atoms with Crippen molar-refractivity contribution in [2.45, 2.75) is 13.3 Å². The van der Waals surface area contributed by atoms with E-state index in [1.54, 1.807) is 25.1 Å². The zero-order chi connectivity index (χ0) is 12.1.